The van der Waals surface area contributed by atoms with Gasteiger partial charge in [-0.1, -0.05) is 61.8 Å². The summed E-state index contributed by atoms with van der Waals surface area (Å²) in [7, 11) is 0. The molecule has 0 amide bonds. The second-order valence-electron chi connectivity index (χ2n) is 6.39. The standard InChI is InChI=1S/C18H21N5S/c24-17-15-16(19-12-20-17)23(11-13-7-3-1-4-8-13)18(22-15)21-14-9-5-2-6-10-14/h1,3-4,7-8,12,14H,2,5-6,9-11H2,(H,21,22)(H,19,20,24). The summed E-state index contributed by atoms with van der Waals surface area (Å²) >= 11 is 5.36. The minimum absolute atomic E-state index is 0.492. The highest BCUT2D eigenvalue weighted by Crippen LogP contribution is 2.24. The predicted octanol–water partition coefficient (Wildman–Crippen LogP) is 4.28. The Bertz CT molecular complexity index is 877. The Morgan fingerprint density at radius 1 is 1.17 bits per heavy atom. The van der Waals surface area contributed by atoms with Gasteiger partial charge in [-0.05, 0) is 18.4 Å². The fourth-order valence-corrected chi connectivity index (χ4v) is 3.62. The lowest BCUT2D eigenvalue weighted by atomic mass is 9.96. The predicted molar refractivity (Wildman–Crippen MR) is 98.8 cm³/mol. The molecule has 2 heterocycles. The molecular weight excluding hydrogens is 318 g/mol. The Balaban J connectivity index is 1.74. The highest BCUT2D eigenvalue weighted by Gasteiger charge is 2.18. The van der Waals surface area contributed by atoms with Crippen molar-refractivity contribution in [3.8, 4) is 0 Å². The third kappa shape index (κ3) is 3.06. The first kappa shape index (κ1) is 15.3. The van der Waals surface area contributed by atoms with Crippen molar-refractivity contribution in [3.05, 3.63) is 46.9 Å². The summed E-state index contributed by atoms with van der Waals surface area (Å²) in [6, 6.07) is 10.9. The lowest BCUT2D eigenvalue weighted by molar-refractivity contribution is 0.459. The van der Waals surface area contributed by atoms with Gasteiger partial charge in [-0.3, -0.25) is 4.57 Å². The molecule has 1 aliphatic rings. The highest BCUT2D eigenvalue weighted by atomic mass is 32.1. The van der Waals surface area contributed by atoms with Gasteiger partial charge in [0, 0.05) is 6.04 Å². The first-order valence-electron chi connectivity index (χ1n) is 8.55. The molecule has 6 heteroatoms. The number of imidazole rings is 1. The molecule has 5 nitrogen and oxygen atoms in total. The zero-order chi connectivity index (χ0) is 16.4. The fourth-order valence-electron chi connectivity index (χ4n) is 3.42. The van der Waals surface area contributed by atoms with Gasteiger partial charge < -0.3 is 10.3 Å². The number of benzene rings is 1. The van der Waals surface area contributed by atoms with Crippen LogP contribution < -0.4 is 5.32 Å². The number of rotatable bonds is 4. The van der Waals surface area contributed by atoms with Crippen LogP contribution in [0.1, 0.15) is 37.7 Å². The molecule has 1 aliphatic carbocycles. The van der Waals surface area contributed by atoms with Crippen LogP contribution in [0.15, 0.2) is 36.7 Å². The van der Waals surface area contributed by atoms with Gasteiger partial charge in [0.05, 0.1) is 12.9 Å². The van der Waals surface area contributed by atoms with Crippen LogP contribution in [0.4, 0.5) is 5.95 Å². The first-order valence-corrected chi connectivity index (χ1v) is 8.96. The Morgan fingerprint density at radius 3 is 2.75 bits per heavy atom. The molecule has 0 aliphatic heterocycles. The Morgan fingerprint density at radius 2 is 1.96 bits per heavy atom. The SMILES string of the molecule is S=c1nc[nH]c2c1nc(NC1CCCCC1)n2Cc1ccccc1. The van der Waals surface area contributed by atoms with Crippen molar-refractivity contribution in [2.75, 3.05) is 5.32 Å². The fraction of sp³-hybridized carbons (Fsp3) is 0.389. The topological polar surface area (TPSA) is 58.5 Å². The highest BCUT2D eigenvalue weighted by molar-refractivity contribution is 7.71. The van der Waals surface area contributed by atoms with Crippen molar-refractivity contribution in [3.63, 3.8) is 0 Å². The number of H-pyrrole nitrogens is 1. The number of hydrogen-bond acceptors (Lipinski definition) is 4. The van der Waals surface area contributed by atoms with Gasteiger partial charge in [0.15, 0.2) is 4.64 Å². The molecule has 0 radical (unpaired) electrons. The number of aromatic amines is 1. The van der Waals surface area contributed by atoms with E-state index in [-0.39, 0.29) is 0 Å². The van der Waals surface area contributed by atoms with Crippen LogP contribution in [-0.4, -0.2) is 25.6 Å². The Hall–Kier alpha value is -2.21. The van der Waals surface area contributed by atoms with Crippen molar-refractivity contribution >= 4 is 29.3 Å². The summed E-state index contributed by atoms with van der Waals surface area (Å²) in [5, 5.41) is 3.64. The molecule has 0 saturated heterocycles. The monoisotopic (exact) mass is 339 g/mol. The van der Waals surface area contributed by atoms with Crippen LogP contribution in [0.25, 0.3) is 11.2 Å². The molecular formula is C18H21N5S. The van der Waals surface area contributed by atoms with Crippen molar-refractivity contribution in [2.45, 2.75) is 44.7 Å². The van der Waals surface area contributed by atoms with Gasteiger partial charge in [-0.2, -0.15) is 0 Å². The lowest BCUT2D eigenvalue weighted by Crippen LogP contribution is -2.24. The van der Waals surface area contributed by atoms with Crippen molar-refractivity contribution < 1.29 is 0 Å². The van der Waals surface area contributed by atoms with E-state index in [0.29, 0.717) is 10.7 Å². The number of fused-ring (bicyclic) bond motifs is 1. The third-order valence-electron chi connectivity index (χ3n) is 4.68. The second-order valence-corrected chi connectivity index (χ2v) is 6.78. The largest absolute Gasteiger partial charge is 0.353 e. The van der Waals surface area contributed by atoms with E-state index in [0.717, 1.165) is 23.7 Å². The van der Waals surface area contributed by atoms with Crippen molar-refractivity contribution in [1.29, 1.82) is 0 Å². The van der Waals surface area contributed by atoms with Crippen molar-refractivity contribution in [2.24, 2.45) is 0 Å². The van der Waals surface area contributed by atoms with Gasteiger partial charge >= 0.3 is 0 Å². The molecule has 124 valence electrons. The molecule has 4 rings (SSSR count). The normalized spacial score (nSPS) is 15.7. The van der Waals surface area contributed by atoms with E-state index >= 15 is 0 Å². The second kappa shape index (κ2) is 6.73. The summed E-state index contributed by atoms with van der Waals surface area (Å²) in [5.74, 6) is 0.885. The summed E-state index contributed by atoms with van der Waals surface area (Å²) in [6.45, 7) is 0.752. The van der Waals surface area contributed by atoms with Crippen LogP contribution in [0.3, 0.4) is 0 Å². The molecule has 0 atom stereocenters. The molecule has 1 aromatic carbocycles. The Kier molecular flexibility index (Phi) is 4.30. The van der Waals surface area contributed by atoms with E-state index in [9.17, 15) is 0 Å². The van der Waals surface area contributed by atoms with Crippen LogP contribution in [0, 0.1) is 4.64 Å². The molecule has 2 N–H and O–H groups in total. The van der Waals surface area contributed by atoms with Gasteiger partial charge in [-0.15, -0.1) is 0 Å². The molecule has 1 fully saturated rings. The molecule has 0 spiro atoms. The molecule has 2 aromatic heterocycles. The van der Waals surface area contributed by atoms with Crippen LogP contribution in [-0.2, 0) is 6.54 Å². The summed E-state index contributed by atoms with van der Waals surface area (Å²) in [5.41, 5.74) is 2.93. The van der Waals surface area contributed by atoms with Crippen LogP contribution >= 0.6 is 12.2 Å². The van der Waals surface area contributed by atoms with Gasteiger partial charge in [0.2, 0.25) is 5.95 Å². The molecule has 1 saturated carbocycles. The minimum Gasteiger partial charge on any atom is -0.353 e. The number of nitrogens with one attached hydrogen (secondary N) is 2. The van der Waals surface area contributed by atoms with E-state index in [2.05, 4.69) is 44.1 Å². The number of hydrogen-bond donors (Lipinski definition) is 2. The molecule has 24 heavy (non-hydrogen) atoms. The number of anilines is 1. The third-order valence-corrected chi connectivity index (χ3v) is 4.97. The summed E-state index contributed by atoms with van der Waals surface area (Å²) in [6.07, 6.45) is 7.98. The quantitative estimate of drug-likeness (QED) is 0.697. The Labute approximate surface area is 146 Å². The average molecular weight is 339 g/mol. The van der Waals surface area contributed by atoms with E-state index in [1.807, 2.05) is 6.07 Å². The maximum atomic E-state index is 5.36. The van der Waals surface area contributed by atoms with E-state index < -0.39 is 0 Å². The van der Waals surface area contributed by atoms with E-state index in [4.69, 9.17) is 17.2 Å². The zero-order valence-corrected chi connectivity index (χ0v) is 14.4. The zero-order valence-electron chi connectivity index (χ0n) is 13.5. The molecule has 3 aromatic rings. The number of aromatic nitrogens is 4. The minimum atomic E-state index is 0.492. The molecule has 0 unspecified atom stereocenters. The van der Waals surface area contributed by atoms with Crippen molar-refractivity contribution in [1.82, 2.24) is 19.5 Å². The van der Waals surface area contributed by atoms with E-state index in [1.54, 1.807) is 6.33 Å². The van der Waals surface area contributed by atoms with Gasteiger partial charge in [-0.25, -0.2) is 9.97 Å². The van der Waals surface area contributed by atoms with Gasteiger partial charge in [0.25, 0.3) is 0 Å². The maximum Gasteiger partial charge on any atom is 0.205 e. The smallest absolute Gasteiger partial charge is 0.205 e. The molecule has 0 bridgehead atoms. The number of nitrogens with zero attached hydrogens (tertiary/aromatic N) is 3. The lowest BCUT2D eigenvalue weighted by Gasteiger charge is -2.23. The van der Waals surface area contributed by atoms with Gasteiger partial charge in [0.1, 0.15) is 11.2 Å². The average Bonchev–Trinajstić information content (AvgIpc) is 2.96. The van der Waals surface area contributed by atoms with Crippen LogP contribution in [0.5, 0.6) is 0 Å². The summed E-state index contributed by atoms with van der Waals surface area (Å²) in [4.78, 5) is 12.1. The van der Waals surface area contributed by atoms with E-state index in [1.165, 1.54) is 37.7 Å². The van der Waals surface area contributed by atoms with Crippen LogP contribution in [0.2, 0.25) is 0 Å². The maximum absolute atomic E-state index is 5.36. The summed E-state index contributed by atoms with van der Waals surface area (Å²) < 4.78 is 2.72. The first-order chi connectivity index (χ1) is 11.8.